The average Bonchev–Trinajstić information content (AvgIpc) is 2.38. The van der Waals surface area contributed by atoms with Crippen molar-refractivity contribution in [1.82, 2.24) is 0 Å². The fraction of sp³-hybridized carbons (Fsp3) is 0.250. The molecule has 0 heterocycles. The average molecular weight is 279 g/mol. The van der Waals surface area contributed by atoms with Crippen LogP contribution in [0.2, 0.25) is 0 Å². The second-order valence-electron chi connectivity index (χ2n) is 4.68. The van der Waals surface area contributed by atoms with Crippen LogP contribution in [0.4, 0.5) is 4.39 Å². The van der Waals surface area contributed by atoms with Gasteiger partial charge in [-0.3, -0.25) is 0 Å². The minimum Gasteiger partial charge on any atom is -0.457 e. The highest BCUT2D eigenvalue weighted by Crippen LogP contribution is 2.31. The molecule has 0 aliphatic carbocycles. The van der Waals surface area contributed by atoms with Gasteiger partial charge in [-0.05, 0) is 55.2 Å². The maximum atomic E-state index is 13.5. The smallest absolute Gasteiger partial charge is 0.133 e. The monoisotopic (exact) mass is 278 g/mol. The molecule has 0 radical (unpaired) electrons. The molecule has 2 aromatic carbocycles. The Morgan fingerprint density at radius 1 is 1.05 bits per heavy atom. The highest BCUT2D eigenvalue weighted by Gasteiger charge is 2.09. The van der Waals surface area contributed by atoms with Crippen LogP contribution in [0.15, 0.2) is 30.3 Å². The van der Waals surface area contributed by atoms with Crippen molar-refractivity contribution < 1.29 is 9.13 Å². The predicted molar refractivity (Wildman–Crippen MR) is 76.7 cm³/mol. The topological polar surface area (TPSA) is 9.23 Å². The second kappa shape index (κ2) is 5.62. The lowest BCUT2D eigenvalue weighted by molar-refractivity contribution is 0.468. The fourth-order valence-electron chi connectivity index (χ4n) is 1.96. The van der Waals surface area contributed by atoms with Gasteiger partial charge >= 0.3 is 0 Å². The van der Waals surface area contributed by atoms with E-state index in [4.69, 9.17) is 16.3 Å². The second-order valence-corrected chi connectivity index (χ2v) is 4.95. The molecule has 0 atom stereocenters. The van der Waals surface area contributed by atoms with Crippen LogP contribution in [-0.4, -0.2) is 0 Å². The van der Waals surface area contributed by atoms with Crippen LogP contribution in [0.3, 0.4) is 0 Å². The van der Waals surface area contributed by atoms with Gasteiger partial charge in [-0.2, -0.15) is 0 Å². The third kappa shape index (κ3) is 3.07. The molecule has 0 spiro atoms. The van der Waals surface area contributed by atoms with Crippen LogP contribution < -0.4 is 4.74 Å². The molecule has 2 aromatic rings. The molecule has 0 aliphatic rings. The summed E-state index contributed by atoms with van der Waals surface area (Å²) in [5.41, 5.74) is 3.95. The van der Waals surface area contributed by atoms with Gasteiger partial charge in [-0.25, -0.2) is 4.39 Å². The molecule has 19 heavy (non-hydrogen) atoms. The van der Waals surface area contributed by atoms with Crippen molar-refractivity contribution in [2.75, 3.05) is 0 Å². The van der Waals surface area contributed by atoms with Crippen LogP contribution in [0, 0.1) is 26.6 Å². The fourth-order valence-corrected chi connectivity index (χ4v) is 2.11. The largest absolute Gasteiger partial charge is 0.457 e. The number of benzene rings is 2. The molecule has 0 aliphatic heterocycles. The molecule has 2 rings (SSSR count). The van der Waals surface area contributed by atoms with E-state index in [0.717, 1.165) is 22.4 Å². The molecule has 0 aromatic heterocycles. The van der Waals surface area contributed by atoms with E-state index in [1.54, 1.807) is 6.07 Å². The van der Waals surface area contributed by atoms with E-state index in [9.17, 15) is 4.39 Å². The molecule has 0 fully saturated rings. The number of rotatable bonds is 3. The Balaban J connectivity index is 2.41. The predicted octanol–water partition coefficient (Wildman–Crippen LogP) is 5.28. The van der Waals surface area contributed by atoms with Crippen LogP contribution in [0.1, 0.15) is 22.3 Å². The van der Waals surface area contributed by atoms with Crippen molar-refractivity contribution in [3.8, 4) is 11.5 Å². The Kier molecular flexibility index (Phi) is 4.11. The summed E-state index contributed by atoms with van der Waals surface area (Å²) in [6, 6.07) is 8.59. The van der Waals surface area contributed by atoms with E-state index >= 15 is 0 Å². The molecule has 0 saturated heterocycles. The van der Waals surface area contributed by atoms with Gasteiger partial charge in [-0.15, -0.1) is 11.6 Å². The van der Waals surface area contributed by atoms with Gasteiger partial charge in [0.25, 0.3) is 0 Å². The first-order chi connectivity index (χ1) is 9.01. The SMILES string of the molecule is Cc1ccc(C)c(Oc2cc(F)cc(CCl)c2)c1C. The number of alkyl halides is 1. The van der Waals surface area contributed by atoms with Crippen molar-refractivity contribution in [1.29, 1.82) is 0 Å². The lowest BCUT2D eigenvalue weighted by atomic mass is 10.1. The third-order valence-corrected chi connectivity index (χ3v) is 3.49. The van der Waals surface area contributed by atoms with E-state index in [0.29, 0.717) is 11.3 Å². The number of ether oxygens (including phenoxy) is 1. The maximum absolute atomic E-state index is 13.5. The zero-order valence-electron chi connectivity index (χ0n) is 11.3. The van der Waals surface area contributed by atoms with Gasteiger partial charge in [0, 0.05) is 11.9 Å². The highest BCUT2D eigenvalue weighted by molar-refractivity contribution is 6.17. The molecule has 0 saturated carbocycles. The van der Waals surface area contributed by atoms with Gasteiger partial charge in [0.05, 0.1) is 0 Å². The summed E-state index contributed by atoms with van der Waals surface area (Å²) in [4.78, 5) is 0. The Morgan fingerprint density at radius 3 is 2.42 bits per heavy atom. The van der Waals surface area contributed by atoms with E-state index in [-0.39, 0.29) is 11.7 Å². The Bertz CT molecular complexity index is 608. The van der Waals surface area contributed by atoms with Crippen LogP contribution in [0.5, 0.6) is 11.5 Å². The summed E-state index contributed by atoms with van der Waals surface area (Å²) in [6.45, 7) is 6.00. The van der Waals surface area contributed by atoms with E-state index in [1.807, 2.05) is 32.9 Å². The lowest BCUT2D eigenvalue weighted by Crippen LogP contribution is -1.94. The number of hydrogen-bond donors (Lipinski definition) is 0. The summed E-state index contributed by atoms with van der Waals surface area (Å²) in [6.07, 6.45) is 0. The molecule has 0 bridgehead atoms. The molecule has 3 heteroatoms. The molecular formula is C16H16ClFO. The van der Waals surface area contributed by atoms with E-state index in [2.05, 4.69) is 0 Å². The van der Waals surface area contributed by atoms with Crippen molar-refractivity contribution in [2.24, 2.45) is 0 Å². The van der Waals surface area contributed by atoms with Gasteiger partial charge in [0.2, 0.25) is 0 Å². The number of hydrogen-bond acceptors (Lipinski definition) is 1. The first-order valence-corrected chi connectivity index (χ1v) is 6.65. The van der Waals surface area contributed by atoms with Crippen molar-refractivity contribution in [3.63, 3.8) is 0 Å². The standard InChI is InChI=1S/C16H16ClFO/c1-10-4-5-11(2)16(12(10)3)19-15-7-13(9-17)6-14(18)8-15/h4-8H,9H2,1-3H3. The summed E-state index contributed by atoms with van der Waals surface area (Å²) >= 11 is 5.74. The molecule has 0 N–H and O–H groups in total. The normalized spacial score (nSPS) is 10.6. The quantitative estimate of drug-likeness (QED) is 0.694. The molecule has 0 unspecified atom stereocenters. The van der Waals surface area contributed by atoms with Crippen molar-refractivity contribution >= 4 is 11.6 Å². The number of aryl methyl sites for hydroxylation is 2. The van der Waals surface area contributed by atoms with E-state index < -0.39 is 0 Å². The Morgan fingerprint density at radius 2 is 1.74 bits per heavy atom. The van der Waals surface area contributed by atoms with Crippen LogP contribution in [0.25, 0.3) is 0 Å². The summed E-state index contributed by atoms with van der Waals surface area (Å²) in [7, 11) is 0. The first-order valence-electron chi connectivity index (χ1n) is 6.11. The molecule has 1 nitrogen and oxygen atoms in total. The summed E-state index contributed by atoms with van der Waals surface area (Å²) in [5.74, 6) is 1.19. The number of halogens is 2. The van der Waals surface area contributed by atoms with Crippen molar-refractivity contribution in [2.45, 2.75) is 26.7 Å². The van der Waals surface area contributed by atoms with Gasteiger partial charge in [0.1, 0.15) is 17.3 Å². The minimum atomic E-state index is -0.337. The zero-order valence-corrected chi connectivity index (χ0v) is 12.0. The minimum absolute atomic E-state index is 0.264. The zero-order chi connectivity index (χ0) is 14.0. The first kappa shape index (κ1) is 13.9. The third-order valence-electron chi connectivity index (χ3n) is 3.18. The molecular weight excluding hydrogens is 263 g/mol. The summed E-state index contributed by atoms with van der Waals surface area (Å²) < 4.78 is 19.3. The molecule has 100 valence electrons. The van der Waals surface area contributed by atoms with Gasteiger partial charge in [0.15, 0.2) is 0 Å². The molecule has 0 amide bonds. The maximum Gasteiger partial charge on any atom is 0.133 e. The van der Waals surface area contributed by atoms with E-state index in [1.165, 1.54) is 12.1 Å². The summed E-state index contributed by atoms with van der Waals surface area (Å²) in [5, 5.41) is 0. The lowest BCUT2D eigenvalue weighted by Gasteiger charge is -2.14. The highest BCUT2D eigenvalue weighted by atomic mass is 35.5. The van der Waals surface area contributed by atoms with Crippen LogP contribution in [-0.2, 0) is 5.88 Å². The van der Waals surface area contributed by atoms with Crippen LogP contribution >= 0.6 is 11.6 Å². The Labute approximate surface area is 118 Å². The Hall–Kier alpha value is -1.54. The van der Waals surface area contributed by atoms with Crippen molar-refractivity contribution in [3.05, 3.63) is 58.4 Å². The van der Waals surface area contributed by atoms with Gasteiger partial charge < -0.3 is 4.74 Å². The van der Waals surface area contributed by atoms with Gasteiger partial charge in [-0.1, -0.05) is 12.1 Å².